The van der Waals surface area contributed by atoms with Crippen molar-refractivity contribution >= 4 is 11.8 Å². The second-order valence-corrected chi connectivity index (χ2v) is 9.98. The van der Waals surface area contributed by atoms with Crippen LogP contribution in [-0.2, 0) is 0 Å². The molecule has 0 radical (unpaired) electrons. The standard InChI is InChI=1S/C23H34N4O2/c1-14-11-16-7-3-5-9-20(16)26(14)22(28)18-13-19(25-24-18)23(29)27-15(2)12-17-8-4-6-10-21(17)27/h13-17,20-21H,3-12H2,1-2H3,(H,24,25). The van der Waals surface area contributed by atoms with E-state index in [-0.39, 0.29) is 23.9 Å². The lowest BCUT2D eigenvalue weighted by Gasteiger charge is -2.33. The zero-order valence-electron chi connectivity index (χ0n) is 17.8. The molecule has 4 aliphatic rings. The summed E-state index contributed by atoms with van der Waals surface area (Å²) < 4.78 is 0. The number of rotatable bonds is 2. The van der Waals surface area contributed by atoms with E-state index in [0.29, 0.717) is 35.3 Å². The number of carbonyl (C=O) groups excluding carboxylic acids is 2. The highest BCUT2D eigenvalue weighted by Gasteiger charge is 2.45. The lowest BCUT2D eigenvalue weighted by Crippen LogP contribution is -2.43. The molecule has 29 heavy (non-hydrogen) atoms. The molecule has 0 bridgehead atoms. The molecule has 1 aromatic rings. The molecule has 2 saturated heterocycles. The lowest BCUT2D eigenvalue weighted by atomic mass is 9.85. The number of aromatic nitrogens is 2. The van der Waals surface area contributed by atoms with Crippen LogP contribution in [0.1, 0.15) is 99.0 Å². The monoisotopic (exact) mass is 398 g/mol. The number of nitrogens with one attached hydrogen (secondary N) is 1. The quantitative estimate of drug-likeness (QED) is 0.819. The first kappa shape index (κ1) is 19.1. The second-order valence-electron chi connectivity index (χ2n) is 9.98. The summed E-state index contributed by atoms with van der Waals surface area (Å²) >= 11 is 0. The smallest absolute Gasteiger partial charge is 0.274 e. The van der Waals surface area contributed by atoms with Crippen LogP contribution in [0.2, 0.25) is 0 Å². The van der Waals surface area contributed by atoms with Crippen molar-refractivity contribution in [3.8, 4) is 0 Å². The molecule has 6 nitrogen and oxygen atoms in total. The highest BCUT2D eigenvalue weighted by Crippen LogP contribution is 2.41. The van der Waals surface area contributed by atoms with Crippen LogP contribution < -0.4 is 0 Å². The summed E-state index contributed by atoms with van der Waals surface area (Å²) in [5.74, 6) is 1.28. The largest absolute Gasteiger partial charge is 0.331 e. The molecule has 0 aromatic carbocycles. The number of hydrogen-bond acceptors (Lipinski definition) is 3. The molecule has 2 amide bonds. The van der Waals surface area contributed by atoms with E-state index < -0.39 is 0 Å². The van der Waals surface area contributed by atoms with Gasteiger partial charge in [0.1, 0.15) is 5.69 Å². The van der Waals surface area contributed by atoms with Gasteiger partial charge in [0, 0.05) is 30.2 Å². The Morgan fingerprint density at radius 2 is 1.38 bits per heavy atom. The first-order valence-corrected chi connectivity index (χ1v) is 11.8. The Hall–Kier alpha value is -1.85. The van der Waals surface area contributed by atoms with Gasteiger partial charge in [-0.25, -0.2) is 0 Å². The number of hydrogen-bond donors (Lipinski definition) is 1. The fourth-order valence-corrected chi connectivity index (χ4v) is 6.93. The number of carbonyl (C=O) groups is 2. The van der Waals surface area contributed by atoms with Gasteiger partial charge in [-0.15, -0.1) is 0 Å². The van der Waals surface area contributed by atoms with E-state index in [1.54, 1.807) is 6.07 Å². The van der Waals surface area contributed by atoms with E-state index >= 15 is 0 Å². The maximum atomic E-state index is 13.3. The molecule has 6 heteroatoms. The average molecular weight is 399 g/mol. The van der Waals surface area contributed by atoms with Crippen molar-refractivity contribution in [2.24, 2.45) is 11.8 Å². The van der Waals surface area contributed by atoms with Crippen LogP contribution in [0.5, 0.6) is 0 Å². The van der Waals surface area contributed by atoms with Crippen molar-refractivity contribution in [2.45, 2.75) is 102 Å². The van der Waals surface area contributed by atoms with E-state index in [1.807, 2.05) is 0 Å². The van der Waals surface area contributed by atoms with Crippen LogP contribution in [0.15, 0.2) is 6.07 Å². The van der Waals surface area contributed by atoms with Crippen LogP contribution in [-0.4, -0.2) is 56.0 Å². The Kier molecular flexibility index (Phi) is 4.91. The summed E-state index contributed by atoms with van der Waals surface area (Å²) in [5, 5.41) is 7.19. The number of fused-ring (bicyclic) bond motifs is 2. The molecular weight excluding hydrogens is 364 g/mol. The van der Waals surface area contributed by atoms with Gasteiger partial charge in [0.2, 0.25) is 0 Å². The topological polar surface area (TPSA) is 69.3 Å². The van der Waals surface area contributed by atoms with Gasteiger partial charge in [0.15, 0.2) is 5.69 Å². The summed E-state index contributed by atoms with van der Waals surface area (Å²) in [6.45, 7) is 4.32. The molecule has 1 N–H and O–H groups in total. The van der Waals surface area contributed by atoms with E-state index in [4.69, 9.17) is 0 Å². The second kappa shape index (κ2) is 7.44. The Balaban J connectivity index is 1.34. The molecule has 2 aliphatic heterocycles. The number of amides is 2. The summed E-state index contributed by atoms with van der Waals surface area (Å²) in [6.07, 6.45) is 11.9. The predicted octanol–water partition coefficient (Wildman–Crippen LogP) is 4.00. The molecule has 4 fully saturated rings. The van der Waals surface area contributed by atoms with E-state index in [9.17, 15) is 9.59 Å². The minimum Gasteiger partial charge on any atom is -0.331 e. The van der Waals surface area contributed by atoms with Gasteiger partial charge in [-0.05, 0) is 64.2 Å². The molecule has 2 aliphatic carbocycles. The van der Waals surface area contributed by atoms with E-state index in [1.165, 1.54) is 38.5 Å². The Morgan fingerprint density at radius 3 is 1.97 bits per heavy atom. The molecule has 0 spiro atoms. The third kappa shape index (κ3) is 3.19. The van der Waals surface area contributed by atoms with Crippen LogP contribution in [0.3, 0.4) is 0 Å². The average Bonchev–Trinajstić information content (AvgIpc) is 3.41. The number of likely N-dealkylation sites (tertiary alicyclic amines) is 2. The predicted molar refractivity (Wildman–Crippen MR) is 111 cm³/mol. The van der Waals surface area contributed by atoms with Crippen molar-refractivity contribution in [1.29, 1.82) is 0 Å². The summed E-state index contributed by atoms with van der Waals surface area (Å²) in [5.41, 5.74) is 0.872. The van der Waals surface area contributed by atoms with Gasteiger partial charge < -0.3 is 9.80 Å². The van der Waals surface area contributed by atoms with Crippen molar-refractivity contribution in [3.63, 3.8) is 0 Å². The van der Waals surface area contributed by atoms with Gasteiger partial charge in [0.25, 0.3) is 11.8 Å². The highest BCUT2D eigenvalue weighted by atomic mass is 16.2. The third-order valence-corrected chi connectivity index (χ3v) is 8.19. The fraction of sp³-hybridized carbons (Fsp3) is 0.783. The third-order valence-electron chi connectivity index (χ3n) is 8.19. The summed E-state index contributed by atoms with van der Waals surface area (Å²) in [4.78, 5) is 30.7. The number of nitrogens with zero attached hydrogens (tertiary/aromatic N) is 3. The normalized spacial score (nSPS) is 36.8. The maximum absolute atomic E-state index is 13.3. The van der Waals surface area contributed by atoms with Gasteiger partial charge in [0.05, 0.1) is 0 Å². The van der Waals surface area contributed by atoms with E-state index in [2.05, 4.69) is 33.8 Å². The molecule has 6 atom stereocenters. The zero-order chi connectivity index (χ0) is 20.1. The maximum Gasteiger partial charge on any atom is 0.274 e. The first-order chi connectivity index (χ1) is 14.0. The lowest BCUT2D eigenvalue weighted by molar-refractivity contribution is 0.0622. The Labute approximate surface area is 173 Å². The van der Waals surface area contributed by atoms with E-state index in [0.717, 1.165) is 25.7 Å². The minimum atomic E-state index is -0.00721. The SMILES string of the molecule is CC1CC2CCCCC2N1C(=O)c1cc(C(=O)N2C(C)CC3CCCCC32)[nH]n1. The van der Waals surface area contributed by atoms with Crippen LogP contribution in [0.4, 0.5) is 0 Å². The Morgan fingerprint density at radius 1 is 0.862 bits per heavy atom. The molecule has 158 valence electrons. The highest BCUT2D eigenvalue weighted by molar-refractivity contribution is 5.98. The van der Waals surface area contributed by atoms with Gasteiger partial charge in [-0.2, -0.15) is 5.10 Å². The van der Waals surface area contributed by atoms with Gasteiger partial charge in [-0.3, -0.25) is 14.7 Å². The Bertz CT molecular complexity index is 727. The molecule has 2 saturated carbocycles. The molecule has 1 aromatic heterocycles. The fourth-order valence-electron chi connectivity index (χ4n) is 6.93. The van der Waals surface area contributed by atoms with Gasteiger partial charge in [-0.1, -0.05) is 25.7 Å². The van der Waals surface area contributed by atoms with Crippen molar-refractivity contribution in [2.75, 3.05) is 0 Å². The molecule has 5 rings (SSSR count). The summed E-state index contributed by atoms with van der Waals surface area (Å²) in [6, 6.07) is 2.93. The number of aromatic amines is 1. The van der Waals surface area contributed by atoms with Crippen molar-refractivity contribution in [1.82, 2.24) is 20.0 Å². The van der Waals surface area contributed by atoms with Crippen molar-refractivity contribution < 1.29 is 9.59 Å². The van der Waals surface area contributed by atoms with Crippen LogP contribution in [0, 0.1) is 11.8 Å². The first-order valence-electron chi connectivity index (χ1n) is 11.8. The summed E-state index contributed by atoms with van der Waals surface area (Å²) in [7, 11) is 0. The minimum absolute atomic E-state index is 0.00721. The molecule has 3 heterocycles. The zero-order valence-corrected chi connectivity index (χ0v) is 17.8. The van der Waals surface area contributed by atoms with Crippen molar-refractivity contribution in [3.05, 3.63) is 17.5 Å². The van der Waals surface area contributed by atoms with Crippen LogP contribution in [0.25, 0.3) is 0 Å². The van der Waals surface area contributed by atoms with Crippen LogP contribution >= 0.6 is 0 Å². The molecule has 6 unspecified atom stereocenters. The number of H-pyrrole nitrogens is 1. The molecular formula is C23H34N4O2. The van der Waals surface area contributed by atoms with Gasteiger partial charge >= 0.3 is 0 Å².